The normalized spacial score (nSPS) is 11.6. The molecule has 0 fully saturated rings. The van der Waals surface area contributed by atoms with E-state index in [0.717, 1.165) is 30.8 Å². The molecule has 0 spiro atoms. The molecule has 8 nitrogen and oxygen atoms in total. The molecular weight excluding hydrogens is 543 g/mol. The van der Waals surface area contributed by atoms with Crippen LogP contribution in [0.2, 0.25) is 0 Å². The minimum atomic E-state index is -4.51. The molecule has 1 amide bonds. The Kier molecular flexibility index (Phi) is 9.29. The van der Waals surface area contributed by atoms with E-state index < -0.39 is 17.6 Å². The number of allylic oxidation sites excluding steroid dienone is 1. The SMILES string of the molecule is Cc1ccc(C(=O)Nc2cccc(C(F)(F)F)c2)cc1C#Cc1cnc2c(N/C(C=N)=C/NCCN(C)C)cccn12. The molecule has 216 valence electrons. The number of fused-ring (bicyclic) bond motifs is 1. The number of amides is 1. The lowest BCUT2D eigenvalue weighted by Gasteiger charge is -2.11. The Hall–Kier alpha value is -5.08. The van der Waals surface area contributed by atoms with Crippen molar-refractivity contribution in [1.82, 2.24) is 19.6 Å². The van der Waals surface area contributed by atoms with Gasteiger partial charge >= 0.3 is 6.18 Å². The Bertz CT molecular complexity index is 1690. The number of carbonyl (C=O) groups is 1. The molecule has 0 saturated heterocycles. The predicted molar refractivity (Wildman–Crippen MR) is 159 cm³/mol. The first-order valence-electron chi connectivity index (χ1n) is 13.0. The number of alkyl halides is 3. The molecule has 0 unspecified atom stereocenters. The highest BCUT2D eigenvalue weighted by atomic mass is 19.4. The number of hydrogen-bond acceptors (Lipinski definition) is 6. The average molecular weight is 574 g/mol. The van der Waals surface area contributed by atoms with Crippen LogP contribution in [0.3, 0.4) is 0 Å². The van der Waals surface area contributed by atoms with Crippen molar-refractivity contribution in [2.45, 2.75) is 13.1 Å². The van der Waals surface area contributed by atoms with E-state index >= 15 is 0 Å². The number of imidazole rings is 1. The maximum Gasteiger partial charge on any atom is 0.416 e. The number of nitrogens with one attached hydrogen (secondary N) is 4. The van der Waals surface area contributed by atoms with Crippen LogP contribution in [0.15, 0.2) is 78.9 Å². The second-order valence-electron chi connectivity index (χ2n) is 9.70. The fourth-order valence-corrected chi connectivity index (χ4v) is 3.95. The van der Waals surface area contributed by atoms with Crippen molar-refractivity contribution in [3.8, 4) is 11.8 Å². The molecule has 4 N–H and O–H groups in total. The van der Waals surface area contributed by atoms with Gasteiger partial charge in [-0.25, -0.2) is 4.98 Å². The number of anilines is 2. The fourth-order valence-electron chi connectivity index (χ4n) is 3.95. The molecule has 2 aromatic heterocycles. The molecular formula is C31H30F3N7O. The van der Waals surface area contributed by atoms with Crippen LogP contribution in [-0.4, -0.2) is 53.6 Å². The van der Waals surface area contributed by atoms with Crippen LogP contribution >= 0.6 is 0 Å². The van der Waals surface area contributed by atoms with E-state index in [1.807, 2.05) is 43.7 Å². The fraction of sp³-hybridized carbons (Fsp3) is 0.194. The molecule has 0 saturated carbocycles. The van der Waals surface area contributed by atoms with E-state index in [1.54, 1.807) is 30.6 Å². The lowest BCUT2D eigenvalue weighted by atomic mass is 10.0. The Morgan fingerprint density at radius 3 is 2.64 bits per heavy atom. The van der Waals surface area contributed by atoms with Crippen LogP contribution in [0.5, 0.6) is 0 Å². The van der Waals surface area contributed by atoms with Gasteiger partial charge in [0.25, 0.3) is 5.91 Å². The van der Waals surface area contributed by atoms with Gasteiger partial charge in [-0.2, -0.15) is 13.2 Å². The summed E-state index contributed by atoms with van der Waals surface area (Å²) in [7, 11) is 3.97. The highest BCUT2D eigenvalue weighted by Crippen LogP contribution is 2.30. The largest absolute Gasteiger partial charge is 0.416 e. The lowest BCUT2D eigenvalue weighted by Crippen LogP contribution is -2.24. The van der Waals surface area contributed by atoms with Gasteiger partial charge in [0.2, 0.25) is 0 Å². The maximum absolute atomic E-state index is 13.0. The van der Waals surface area contributed by atoms with Crippen molar-refractivity contribution in [2.75, 3.05) is 37.8 Å². The van der Waals surface area contributed by atoms with Crippen molar-refractivity contribution >= 4 is 29.1 Å². The maximum atomic E-state index is 13.0. The smallest absolute Gasteiger partial charge is 0.388 e. The predicted octanol–water partition coefficient (Wildman–Crippen LogP) is 5.37. The number of likely N-dealkylation sites (N-methyl/N-ethyl adjacent to an activating group) is 1. The first-order valence-corrected chi connectivity index (χ1v) is 13.0. The third kappa shape index (κ3) is 7.56. The second kappa shape index (κ2) is 13.1. The van der Waals surface area contributed by atoms with Crippen molar-refractivity contribution in [3.05, 3.63) is 107 Å². The molecule has 42 heavy (non-hydrogen) atoms. The van der Waals surface area contributed by atoms with Gasteiger partial charge in [-0.3, -0.25) is 9.20 Å². The first kappa shape index (κ1) is 29.9. The quantitative estimate of drug-likeness (QED) is 0.123. The van der Waals surface area contributed by atoms with Gasteiger partial charge in [-0.15, -0.1) is 0 Å². The Labute approximate surface area is 241 Å². The molecule has 0 radical (unpaired) electrons. The summed E-state index contributed by atoms with van der Waals surface area (Å²) >= 11 is 0. The van der Waals surface area contributed by atoms with Crippen molar-refractivity contribution < 1.29 is 18.0 Å². The van der Waals surface area contributed by atoms with Crippen LogP contribution in [0, 0.1) is 24.2 Å². The van der Waals surface area contributed by atoms with Crippen LogP contribution in [0.1, 0.15) is 32.7 Å². The van der Waals surface area contributed by atoms with Gasteiger partial charge < -0.3 is 26.3 Å². The number of carbonyl (C=O) groups excluding carboxylic acids is 1. The molecule has 11 heteroatoms. The highest BCUT2D eigenvalue weighted by molar-refractivity contribution is 6.04. The molecule has 4 rings (SSSR count). The number of hydrogen-bond donors (Lipinski definition) is 4. The Morgan fingerprint density at radius 1 is 1.10 bits per heavy atom. The molecule has 0 atom stereocenters. The molecule has 2 heterocycles. The third-order valence-electron chi connectivity index (χ3n) is 6.20. The van der Waals surface area contributed by atoms with E-state index in [2.05, 4.69) is 37.7 Å². The molecule has 0 aliphatic heterocycles. The monoisotopic (exact) mass is 573 g/mol. The standard InChI is InChI=1S/C31H30F3N7O/c1-21-9-10-23(30(42)39-25-7-4-6-24(17-25)31(32,33)34)16-22(21)11-12-27-20-37-29-28(8-5-14-41(27)29)38-26(18-35)19-36-13-15-40(2)3/h4-10,14,16-20,35-36,38H,13,15H2,1-3H3,(H,39,42)/b26-19+,35-18?. The van der Waals surface area contributed by atoms with E-state index in [0.29, 0.717) is 28.3 Å². The van der Waals surface area contributed by atoms with Gasteiger partial charge in [0.1, 0.15) is 5.69 Å². The summed E-state index contributed by atoms with van der Waals surface area (Å²) < 4.78 is 41.0. The van der Waals surface area contributed by atoms with E-state index in [4.69, 9.17) is 5.41 Å². The molecule has 4 aromatic rings. The third-order valence-corrected chi connectivity index (χ3v) is 6.20. The summed E-state index contributed by atoms with van der Waals surface area (Å²) in [6, 6.07) is 13.1. The van der Waals surface area contributed by atoms with Crippen molar-refractivity contribution in [3.63, 3.8) is 0 Å². The molecule has 0 aliphatic carbocycles. The highest BCUT2D eigenvalue weighted by Gasteiger charge is 2.30. The number of aryl methyl sites for hydroxylation is 1. The molecule has 0 aliphatic rings. The van der Waals surface area contributed by atoms with E-state index in [-0.39, 0.29) is 11.3 Å². The second-order valence-corrected chi connectivity index (χ2v) is 9.70. The minimum absolute atomic E-state index is 0.0449. The summed E-state index contributed by atoms with van der Waals surface area (Å²) in [4.78, 5) is 19.4. The summed E-state index contributed by atoms with van der Waals surface area (Å²) in [5.41, 5.74) is 3.37. The van der Waals surface area contributed by atoms with E-state index in [1.165, 1.54) is 18.3 Å². The topological polar surface area (TPSA) is 97.5 Å². The van der Waals surface area contributed by atoms with Gasteiger partial charge in [-0.1, -0.05) is 18.1 Å². The van der Waals surface area contributed by atoms with Gasteiger partial charge in [-0.05, 0) is 75.0 Å². The number of nitrogens with zero attached hydrogens (tertiary/aromatic N) is 3. The van der Waals surface area contributed by atoms with Gasteiger partial charge in [0.05, 0.1) is 23.1 Å². The zero-order valence-electron chi connectivity index (χ0n) is 23.3. The first-order chi connectivity index (χ1) is 20.0. The van der Waals surface area contributed by atoms with Crippen LogP contribution in [-0.2, 0) is 6.18 Å². The summed E-state index contributed by atoms with van der Waals surface area (Å²) in [6.45, 7) is 3.43. The average Bonchev–Trinajstić information content (AvgIpc) is 3.37. The number of halogens is 3. The summed E-state index contributed by atoms with van der Waals surface area (Å²) in [6.07, 6.45) is 1.91. The van der Waals surface area contributed by atoms with Crippen molar-refractivity contribution in [2.24, 2.45) is 0 Å². The van der Waals surface area contributed by atoms with Crippen LogP contribution in [0.4, 0.5) is 24.5 Å². The zero-order valence-corrected chi connectivity index (χ0v) is 23.3. The lowest BCUT2D eigenvalue weighted by molar-refractivity contribution is -0.137. The van der Waals surface area contributed by atoms with Gasteiger partial charge in [0.15, 0.2) is 5.65 Å². The Balaban J connectivity index is 1.53. The number of pyridine rings is 1. The van der Waals surface area contributed by atoms with Crippen molar-refractivity contribution in [1.29, 1.82) is 5.41 Å². The zero-order chi connectivity index (χ0) is 30.3. The van der Waals surface area contributed by atoms with Crippen LogP contribution < -0.4 is 16.0 Å². The minimum Gasteiger partial charge on any atom is -0.388 e. The van der Waals surface area contributed by atoms with Gasteiger partial charge in [0, 0.05) is 48.5 Å². The number of benzene rings is 2. The summed E-state index contributed by atoms with van der Waals surface area (Å²) in [5.74, 6) is 5.64. The number of aromatic nitrogens is 2. The van der Waals surface area contributed by atoms with Crippen LogP contribution in [0.25, 0.3) is 5.65 Å². The molecule has 0 bridgehead atoms. The number of rotatable bonds is 9. The molecule has 2 aromatic carbocycles. The summed E-state index contributed by atoms with van der Waals surface area (Å²) in [5, 5.41) is 16.7. The Morgan fingerprint density at radius 2 is 1.90 bits per heavy atom. The van der Waals surface area contributed by atoms with E-state index in [9.17, 15) is 18.0 Å².